The maximum absolute atomic E-state index is 2.54. The molecule has 3 aliphatic carbocycles. The van der Waals surface area contributed by atoms with Crippen LogP contribution in [0, 0.1) is 0 Å². The Morgan fingerprint density at radius 3 is 1.12 bits per heavy atom. The molecule has 15 rings (SSSR count). The third-order valence-corrected chi connectivity index (χ3v) is 17.2. The smallest absolute Gasteiger partial charge is 0.0820 e. The van der Waals surface area contributed by atoms with Gasteiger partial charge in [-0.3, -0.25) is 0 Å². The molecule has 12 aromatic rings. The van der Waals surface area contributed by atoms with Gasteiger partial charge in [0.05, 0.1) is 10.8 Å². The molecule has 0 saturated heterocycles. The highest BCUT2D eigenvalue weighted by atomic mass is 32.1. The molecule has 3 aliphatic rings. The summed E-state index contributed by atoms with van der Waals surface area (Å²) in [5.74, 6) is 0. The van der Waals surface area contributed by atoms with Crippen LogP contribution in [-0.2, 0) is 10.8 Å². The number of rotatable bonds is 8. The van der Waals surface area contributed by atoms with E-state index < -0.39 is 10.8 Å². The zero-order valence-corrected chi connectivity index (χ0v) is 40.7. The summed E-state index contributed by atoms with van der Waals surface area (Å²) in [5, 5.41) is 1.31. The Kier molecular flexibility index (Phi) is 9.30. The van der Waals surface area contributed by atoms with Crippen LogP contribution in [0.5, 0.6) is 0 Å². The van der Waals surface area contributed by atoms with Gasteiger partial charge in [0.2, 0.25) is 0 Å². The molecule has 73 heavy (non-hydrogen) atoms. The maximum Gasteiger partial charge on any atom is 0.0820 e. The highest BCUT2D eigenvalue weighted by Gasteiger charge is 2.54. The van der Waals surface area contributed by atoms with E-state index in [-0.39, 0.29) is 0 Å². The Labute approximate surface area is 430 Å². The highest BCUT2D eigenvalue weighted by Crippen LogP contribution is 2.67. The van der Waals surface area contributed by atoms with Crippen LogP contribution >= 0.6 is 11.3 Å². The summed E-state index contributed by atoms with van der Waals surface area (Å²) in [6.07, 6.45) is 0. The van der Waals surface area contributed by atoms with Crippen LogP contribution in [0.2, 0.25) is 0 Å². The van der Waals surface area contributed by atoms with Gasteiger partial charge in [-0.05, 0) is 146 Å². The number of hydrogen-bond acceptors (Lipinski definition) is 3. The summed E-state index contributed by atoms with van der Waals surface area (Å²) in [6, 6.07) is 104. The second-order valence-corrected chi connectivity index (χ2v) is 20.5. The number of thiophene rings is 1. The van der Waals surface area contributed by atoms with Gasteiger partial charge >= 0.3 is 0 Å². The summed E-state index contributed by atoms with van der Waals surface area (Å²) in [4.78, 5) is 6.28. The van der Waals surface area contributed by atoms with Crippen LogP contribution in [0.3, 0.4) is 0 Å². The number of fused-ring (bicyclic) bond motifs is 15. The molecule has 0 N–H and O–H groups in total. The highest BCUT2D eigenvalue weighted by molar-refractivity contribution is 7.20. The van der Waals surface area contributed by atoms with Crippen molar-refractivity contribution in [1.82, 2.24) is 0 Å². The number of anilines is 6. The average Bonchev–Trinajstić information content (AvgIpc) is 4.17. The van der Waals surface area contributed by atoms with Crippen LogP contribution in [0.4, 0.5) is 34.1 Å². The Morgan fingerprint density at radius 1 is 0.260 bits per heavy atom. The summed E-state index contributed by atoms with van der Waals surface area (Å²) in [7, 11) is 0. The molecular formula is C70H46N2S. The molecule has 0 radical (unpaired) electrons. The van der Waals surface area contributed by atoms with Gasteiger partial charge in [-0.25, -0.2) is 0 Å². The first-order valence-corrected chi connectivity index (χ1v) is 26.1. The molecule has 1 heterocycles. The van der Waals surface area contributed by atoms with E-state index >= 15 is 0 Å². The molecule has 342 valence electrons. The van der Waals surface area contributed by atoms with E-state index in [1.807, 2.05) is 11.3 Å². The van der Waals surface area contributed by atoms with Gasteiger partial charge in [-0.2, -0.15) is 0 Å². The Balaban J connectivity index is 0.993. The Bertz CT molecular complexity index is 4010. The topological polar surface area (TPSA) is 6.48 Å². The molecule has 11 aromatic carbocycles. The maximum atomic E-state index is 2.54. The molecule has 1 aromatic heterocycles. The molecule has 0 amide bonds. The first-order chi connectivity index (χ1) is 36.2. The minimum atomic E-state index is -0.594. The quantitative estimate of drug-likeness (QED) is 0.150. The van der Waals surface area contributed by atoms with Gasteiger partial charge in [-0.1, -0.05) is 200 Å². The molecule has 1 spiro atoms. The summed E-state index contributed by atoms with van der Waals surface area (Å²) in [6.45, 7) is 0. The minimum absolute atomic E-state index is 0.535. The predicted molar refractivity (Wildman–Crippen MR) is 305 cm³/mol. The molecule has 3 heteroatoms. The average molecular weight is 947 g/mol. The van der Waals surface area contributed by atoms with Gasteiger partial charge in [-0.15, -0.1) is 11.3 Å². The van der Waals surface area contributed by atoms with Crippen molar-refractivity contribution in [2.75, 3.05) is 9.80 Å². The molecule has 1 atom stereocenters. The van der Waals surface area contributed by atoms with Gasteiger partial charge in [0.15, 0.2) is 0 Å². The van der Waals surface area contributed by atoms with Crippen LogP contribution in [-0.4, -0.2) is 0 Å². The molecule has 0 bridgehead atoms. The Hall–Kier alpha value is -9.02. The van der Waals surface area contributed by atoms with Crippen molar-refractivity contribution < 1.29 is 0 Å². The van der Waals surface area contributed by atoms with E-state index in [0.29, 0.717) is 0 Å². The first kappa shape index (κ1) is 41.7. The van der Waals surface area contributed by atoms with Crippen LogP contribution < -0.4 is 9.80 Å². The largest absolute Gasteiger partial charge is 0.310 e. The second-order valence-electron chi connectivity index (χ2n) is 19.5. The molecule has 0 fully saturated rings. The number of nitrogens with zero attached hydrogens (tertiary/aromatic N) is 2. The minimum Gasteiger partial charge on any atom is -0.310 e. The molecule has 2 nitrogen and oxygen atoms in total. The third-order valence-electron chi connectivity index (χ3n) is 15.9. The van der Waals surface area contributed by atoms with Crippen molar-refractivity contribution in [2.45, 2.75) is 10.8 Å². The van der Waals surface area contributed by atoms with Crippen molar-refractivity contribution in [2.24, 2.45) is 0 Å². The van der Waals surface area contributed by atoms with Crippen LogP contribution in [0.1, 0.15) is 43.8 Å². The van der Waals surface area contributed by atoms with Gasteiger partial charge in [0.25, 0.3) is 0 Å². The lowest BCUT2D eigenvalue weighted by molar-refractivity contribution is 0.768. The fourth-order valence-electron chi connectivity index (χ4n) is 13.0. The van der Waals surface area contributed by atoms with Crippen molar-refractivity contribution in [1.29, 1.82) is 0 Å². The zero-order valence-electron chi connectivity index (χ0n) is 39.9. The van der Waals surface area contributed by atoms with Gasteiger partial charge < -0.3 is 9.80 Å². The van der Waals surface area contributed by atoms with E-state index in [4.69, 9.17) is 0 Å². The lowest BCUT2D eigenvalue weighted by Crippen LogP contribution is -2.28. The molecule has 0 aliphatic heterocycles. The third kappa shape index (κ3) is 5.92. The number of hydrogen-bond donors (Lipinski definition) is 0. The van der Waals surface area contributed by atoms with Crippen molar-refractivity contribution in [3.05, 3.63) is 323 Å². The van der Waals surface area contributed by atoms with E-state index in [1.165, 1.54) is 87.3 Å². The number of para-hydroxylation sites is 3. The fourth-order valence-corrected chi connectivity index (χ4v) is 14.5. The lowest BCUT2D eigenvalue weighted by Gasteiger charge is -2.35. The van der Waals surface area contributed by atoms with Gasteiger partial charge in [0.1, 0.15) is 0 Å². The summed E-state index contributed by atoms with van der Waals surface area (Å²) in [5.41, 5.74) is 22.3. The number of benzene rings is 11. The summed E-state index contributed by atoms with van der Waals surface area (Å²) >= 11 is 1.96. The van der Waals surface area contributed by atoms with Crippen LogP contribution in [0.25, 0.3) is 43.5 Å². The predicted octanol–water partition coefficient (Wildman–Crippen LogP) is 18.5. The molecule has 0 unspecified atom stereocenters. The van der Waals surface area contributed by atoms with Crippen molar-refractivity contribution in [3.63, 3.8) is 0 Å². The van der Waals surface area contributed by atoms with E-state index in [2.05, 4.69) is 289 Å². The van der Waals surface area contributed by atoms with E-state index in [1.54, 1.807) is 0 Å². The van der Waals surface area contributed by atoms with E-state index in [0.717, 1.165) is 34.1 Å². The Morgan fingerprint density at radius 2 is 0.616 bits per heavy atom. The van der Waals surface area contributed by atoms with E-state index in [9.17, 15) is 0 Å². The zero-order chi connectivity index (χ0) is 48.1. The van der Waals surface area contributed by atoms with Crippen LogP contribution in [0.15, 0.2) is 279 Å². The standard InChI is InChI=1S/C70H46N2S/c1-6-22-47(23-7-1)69(48-24-8-2-9-25-48)61-35-19-16-32-55(61)57-41-38-53(44-63(57)69)72(51-30-14-5-15-31-51)54-39-42-58-56-33-17-20-36-62(56)70(64(58)45-54)65-46-52(71(49-26-10-3-11-27-49)50-28-12-4-13-29-50)40-43-59(65)67-60-34-18-21-37-66(60)73-68(67)70/h1-46H/t70-/m0/s1. The normalized spacial score (nSPS) is 15.0. The van der Waals surface area contributed by atoms with Crippen molar-refractivity contribution in [3.8, 4) is 33.4 Å². The van der Waals surface area contributed by atoms with Gasteiger partial charge in [0, 0.05) is 54.7 Å². The van der Waals surface area contributed by atoms with Crippen molar-refractivity contribution >= 4 is 55.5 Å². The SMILES string of the molecule is c1ccc(N(c2ccc3c(c2)C(c2ccccc2)(c2ccccc2)c2ccccc2-3)c2ccc3c(c2)[C@@]2(c4ccccc4-3)c3cc(N(c4ccccc4)c4ccccc4)ccc3-c3c2sc2ccccc32)cc1. The lowest BCUT2D eigenvalue weighted by atomic mass is 9.67. The summed E-state index contributed by atoms with van der Waals surface area (Å²) < 4.78 is 1.31. The molecular weight excluding hydrogens is 901 g/mol. The fraction of sp³-hybridized carbons (Fsp3) is 0.0286. The monoisotopic (exact) mass is 946 g/mol. The molecule has 0 saturated carbocycles. The second kappa shape index (κ2) is 16.3. The first-order valence-electron chi connectivity index (χ1n) is 25.2.